The van der Waals surface area contributed by atoms with Gasteiger partial charge in [0.1, 0.15) is 45.2 Å². The minimum absolute atomic E-state index is 0.0365. The van der Waals surface area contributed by atoms with Gasteiger partial charge in [-0.1, -0.05) is 0 Å². The van der Waals surface area contributed by atoms with Gasteiger partial charge in [0.2, 0.25) is 0 Å². The van der Waals surface area contributed by atoms with Crippen molar-refractivity contribution in [2.75, 3.05) is 11.5 Å². The molecule has 0 radical (unpaired) electrons. The van der Waals surface area contributed by atoms with E-state index in [-0.39, 0.29) is 61.5 Å². The second kappa shape index (κ2) is 5.78. The van der Waals surface area contributed by atoms with Crippen LogP contribution in [0.5, 0.6) is 0 Å². The summed E-state index contributed by atoms with van der Waals surface area (Å²) in [6.45, 7) is 0. The number of aliphatic imine (C=N–C) groups is 1. The number of nitriles is 3. The molecule has 1 aliphatic rings. The van der Waals surface area contributed by atoms with Gasteiger partial charge >= 0.3 is 0 Å². The molecule has 0 amide bonds. The summed E-state index contributed by atoms with van der Waals surface area (Å²) in [4.78, 5) is 25.2. The van der Waals surface area contributed by atoms with E-state index in [1.165, 1.54) is 0 Å². The number of aromatic nitrogens is 4. The molecular weight excluding hydrogens is 360 g/mol. The molecule has 4 rings (SSSR count). The third kappa shape index (κ3) is 2.12. The molecule has 1 atom stereocenters. The van der Waals surface area contributed by atoms with E-state index in [1.54, 1.807) is 0 Å². The fourth-order valence-electron chi connectivity index (χ4n) is 2.73. The Morgan fingerprint density at radius 2 is 1.57 bits per heavy atom. The maximum absolute atomic E-state index is 9.30. The predicted molar refractivity (Wildman–Crippen MR) is 95.9 cm³/mol. The van der Waals surface area contributed by atoms with Crippen molar-refractivity contribution >= 4 is 51.0 Å². The molecule has 0 aliphatic carbocycles. The highest BCUT2D eigenvalue weighted by Gasteiger charge is 2.25. The molecule has 2 aromatic heterocycles. The Balaban J connectivity index is 2.38. The van der Waals surface area contributed by atoms with Gasteiger partial charge in [-0.3, -0.25) is 10.4 Å². The third-order valence-electron chi connectivity index (χ3n) is 3.95. The van der Waals surface area contributed by atoms with Crippen LogP contribution in [0.3, 0.4) is 0 Å². The Hall–Kier alpha value is -4.98. The summed E-state index contributed by atoms with van der Waals surface area (Å²) < 4.78 is 0. The predicted octanol–water partition coefficient (Wildman–Crippen LogP) is -1.35. The van der Waals surface area contributed by atoms with Gasteiger partial charge in [0.25, 0.3) is 0 Å². The van der Waals surface area contributed by atoms with Crippen molar-refractivity contribution in [1.82, 2.24) is 19.9 Å². The molecule has 1 aromatic carbocycles. The first kappa shape index (κ1) is 16.5. The highest BCUT2D eigenvalue weighted by molar-refractivity contribution is 6.12. The largest absolute Gasteiger partial charge is 0.381 e. The number of fused-ring (bicyclic) bond motifs is 6. The van der Waals surface area contributed by atoms with Gasteiger partial charge in [-0.25, -0.2) is 24.9 Å². The van der Waals surface area contributed by atoms with Crippen molar-refractivity contribution < 1.29 is 0 Å². The Kier molecular flexibility index (Phi) is 3.40. The number of rotatable bonds is 0. The van der Waals surface area contributed by atoms with E-state index in [1.807, 2.05) is 18.2 Å². The molecule has 3 aromatic rings. The van der Waals surface area contributed by atoms with Gasteiger partial charge in [-0.15, -0.1) is 0 Å². The van der Waals surface area contributed by atoms with Crippen LogP contribution in [0, 0.1) is 39.4 Å². The van der Waals surface area contributed by atoms with Crippen LogP contribution in [0.25, 0.3) is 22.1 Å². The van der Waals surface area contributed by atoms with Crippen LogP contribution >= 0.6 is 0 Å². The second-order valence-corrected chi connectivity index (χ2v) is 5.51. The number of benzene rings is 1. The lowest BCUT2D eigenvalue weighted by Crippen LogP contribution is -2.26. The molecule has 0 saturated heterocycles. The molecule has 12 heteroatoms. The van der Waals surface area contributed by atoms with Gasteiger partial charge in [0.05, 0.1) is 6.07 Å². The Morgan fingerprint density at radius 1 is 0.857 bits per heavy atom. The smallest absolute Gasteiger partial charge is 0.189 e. The summed E-state index contributed by atoms with van der Waals surface area (Å²) in [6, 6.07) is 4.38. The molecule has 0 spiro atoms. The van der Waals surface area contributed by atoms with Crippen LogP contribution in [0.15, 0.2) is 9.98 Å². The molecule has 0 bridgehead atoms. The number of nitrogens with zero attached hydrogens (tertiary/aromatic N) is 9. The van der Waals surface area contributed by atoms with E-state index in [9.17, 15) is 15.8 Å². The zero-order valence-corrected chi connectivity index (χ0v) is 13.8. The highest BCUT2D eigenvalue weighted by atomic mass is 15.0. The monoisotopic (exact) mass is 366 g/mol. The number of nitrogens with one attached hydrogen (secondary N) is 1. The molecule has 1 aliphatic heterocycles. The number of nitrogen functional groups attached to an aromatic ring is 2. The van der Waals surface area contributed by atoms with E-state index in [0.717, 1.165) is 0 Å². The first-order valence-corrected chi connectivity index (χ1v) is 7.54. The molecule has 0 saturated carbocycles. The highest BCUT2D eigenvalue weighted by Crippen LogP contribution is 2.28. The lowest BCUT2D eigenvalue weighted by Gasteiger charge is -2.13. The number of hydrogen-bond acceptors (Lipinski definition) is 12. The molecule has 3 heterocycles. The molecule has 130 valence electrons. The molecule has 5 N–H and O–H groups in total. The molecule has 12 nitrogen and oxygen atoms in total. The normalized spacial score (nSPS) is 14.8. The fraction of sp³-hybridized carbons (Fsp3) is 0.0625. The van der Waals surface area contributed by atoms with Gasteiger partial charge in [0, 0.05) is 5.87 Å². The average molecular weight is 366 g/mol. The summed E-state index contributed by atoms with van der Waals surface area (Å²) in [5.41, 5.74) is 12.0. The Bertz CT molecular complexity index is 1520. The average Bonchev–Trinajstić information content (AvgIpc) is 2.72. The molecule has 1 unspecified atom stereocenters. The SMILES string of the molecule is N#CC1=Nc2c(c3nc(C#N)c(N)nc3c3nc(=C=N)c(N)nc23)=NC1C#N. The second-order valence-electron chi connectivity index (χ2n) is 5.51. The zero-order chi connectivity index (χ0) is 20.0. The van der Waals surface area contributed by atoms with E-state index in [2.05, 4.69) is 35.8 Å². The van der Waals surface area contributed by atoms with Gasteiger partial charge in [-0.2, -0.15) is 15.8 Å². The minimum atomic E-state index is -1.15. The lowest BCUT2D eigenvalue weighted by molar-refractivity contribution is 1.01. The number of anilines is 2. The summed E-state index contributed by atoms with van der Waals surface area (Å²) in [5.74, 6) is 1.85. The van der Waals surface area contributed by atoms with Crippen molar-refractivity contribution in [1.29, 1.82) is 21.2 Å². The number of hydrogen-bond donors (Lipinski definition) is 3. The van der Waals surface area contributed by atoms with E-state index in [0.29, 0.717) is 0 Å². The Labute approximate surface area is 155 Å². The number of nitrogens with two attached hydrogens (primary N) is 2. The summed E-state index contributed by atoms with van der Waals surface area (Å²) in [6.07, 6.45) is 0. The van der Waals surface area contributed by atoms with Crippen LogP contribution in [-0.4, -0.2) is 37.6 Å². The molecule has 0 fully saturated rings. The topological polar surface area (TPSA) is 224 Å². The first-order valence-electron chi connectivity index (χ1n) is 7.54. The van der Waals surface area contributed by atoms with Crippen LogP contribution in [-0.2, 0) is 0 Å². The van der Waals surface area contributed by atoms with Gasteiger partial charge in [0.15, 0.2) is 34.4 Å². The van der Waals surface area contributed by atoms with Crippen LogP contribution < -0.4 is 22.2 Å². The molecule has 28 heavy (non-hydrogen) atoms. The molecular formula is C16H6N12. The summed E-state index contributed by atoms with van der Waals surface area (Å²) in [5, 5.41) is 35.2. The van der Waals surface area contributed by atoms with Crippen molar-refractivity contribution in [3.63, 3.8) is 0 Å². The van der Waals surface area contributed by atoms with Crippen molar-refractivity contribution in [2.24, 2.45) is 9.98 Å². The fourth-order valence-corrected chi connectivity index (χ4v) is 2.73. The van der Waals surface area contributed by atoms with Gasteiger partial charge < -0.3 is 11.5 Å². The van der Waals surface area contributed by atoms with E-state index in [4.69, 9.17) is 16.9 Å². The quantitative estimate of drug-likeness (QED) is 0.315. The minimum Gasteiger partial charge on any atom is -0.381 e. The Morgan fingerprint density at radius 3 is 2.21 bits per heavy atom. The van der Waals surface area contributed by atoms with E-state index >= 15 is 0 Å². The van der Waals surface area contributed by atoms with Crippen LogP contribution in [0.1, 0.15) is 5.69 Å². The standard InChI is InChI=1S/C16H6N12/c17-1-5-6(2-18)24-10-9(23-5)11-14(28-15(21)7(3-19)25-11)12-13(10)27-16(22)8(4-20)26-12/h5,20H,(H2,21,28)(H2,22,27). The van der Waals surface area contributed by atoms with Crippen LogP contribution in [0.4, 0.5) is 17.3 Å². The van der Waals surface area contributed by atoms with Crippen LogP contribution in [0.2, 0.25) is 0 Å². The maximum Gasteiger partial charge on any atom is 0.189 e. The first-order chi connectivity index (χ1) is 13.5. The van der Waals surface area contributed by atoms with Crippen molar-refractivity contribution in [2.45, 2.75) is 6.04 Å². The van der Waals surface area contributed by atoms with Gasteiger partial charge in [-0.05, 0) is 0 Å². The third-order valence-corrected chi connectivity index (χ3v) is 3.95. The zero-order valence-electron chi connectivity index (χ0n) is 13.8. The lowest BCUT2D eigenvalue weighted by atomic mass is 10.1. The maximum atomic E-state index is 9.30. The summed E-state index contributed by atoms with van der Waals surface area (Å²) >= 11 is 0. The van der Waals surface area contributed by atoms with Crippen molar-refractivity contribution in [3.8, 4) is 18.2 Å². The summed E-state index contributed by atoms with van der Waals surface area (Å²) in [7, 11) is 0. The van der Waals surface area contributed by atoms with Crippen molar-refractivity contribution in [3.05, 3.63) is 16.4 Å². The van der Waals surface area contributed by atoms with E-state index < -0.39 is 6.04 Å².